The van der Waals surface area contributed by atoms with Crippen LogP contribution in [0.2, 0.25) is 0 Å². The van der Waals surface area contributed by atoms with Crippen molar-refractivity contribution < 1.29 is 168 Å². The van der Waals surface area contributed by atoms with Gasteiger partial charge in [-0.25, -0.2) is 38.4 Å². The fourth-order valence-corrected chi connectivity index (χ4v) is 7.86. The Kier molecular flexibility index (Phi) is 18.7. The standard InChI is InChI=1S/C60H42O34/c61-29-5-21(6-30(62)45(29)73)55(81)89-41-17-27(18-42(90-56(82)22-7-31(63)46(74)32(64)8-22)51(41)93-59(85)25-13-37(69)49(77)38(70)14-25)53(79)87-3-1-2-4-88-54(80)28-19-43(91-57(83)23-9-33(65)47(75)34(66)10-23)52(94-60(86)26-15-39(71)50(78)40(72)16-26)44(20-28)92-58(84)24-11-35(67)48(76)36(68)12-24/h5-20,61-78H,1-4H2. The monoisotopic (exact) mass is 1310 g/mol. The van der Waals surface area contributed by atoms with Gasteiger partial charge in [0.05, 0.1) is 57.7 Å². The van der Waals surface area contributed by atoms with E-state index >= 15 is 0 Å². The molecule has 0 fully saturated rings. The highest BCUT2D eigenvalue weighted by atomic mass is 16.6. The van der Waals surface area contributed by atoms with Crippen LogP contribution in [-0.4, -0.2) is 153 Å². The van der Waals surface area contributed by atoms with Gasteiger partial charge in [0.1, 0.15) is 0 Å². The smallest absolute Gasteiger partial charge is 0.344 e. The molecule has 34 heteroatoms. The van der Waals surface area contributed by atoms with E-state index in [2.05, 4.69) is 0 Å². The maximum absolute atomic E-state index is 13.8. The molecule has 8 aromatic carbocycles. The molecule has 18 N–H and O–H groups in total. The van der Waals surface area contributed by atoms with Crippen molar-refractivity contribution in [3.8, 4) is 138 Å². The van der Waals surface area contributed by atoms with E-state index in [-0.39, 0.29) is 12.8 Å². The van der Waals surface area contributed by atoms with E-state index in [0.717, 1.165) is 0 Å². The lowest BCUT2D eigenvalue weighted by Gasteiger charge is -2.17. The summed E-state index contributed by atoms with van der Waals surface area (Å²) in [5.41, 5.74) is -5.97. The maximum Gasteiger partial charge on any atom is 0.344 e. The maximum atomic E-state index is 13.8. The zero-order chi connectivity index (χ0) is 68.9. The van der Waals surface area contributed by atoms with Crippen molar-refractivity contribution in [2.24, 2.45) is 0 Å². The molecule has 486 valence electrons. The molecule has 0 aliphatic rings. The Bertz CT molecular complexity index is 3880. The van der Waals surface area contributed by atoms with Gasteiger partial charge in [-0.2, -0.15) is 0 Å². The van der Waals surface area contributed by atoms with Gasteiger partial charge in [-0.15, -0.1) is 0 Å². The Hall–Kier alpha value is -14.1. The zero-order valence-electron chi connectivity index (χ0n) is 46.6. The zero-order valence-corrected chi connectivity index (χ0v) is 46.6. The Morgan fingerprint density at radius 3 is 0.532 bits per heavy atom. The molecule has 0 amide bonds. The van der Waals surface area contributed by atoms with Crippen LogP contribution in [0.1, 0.15) is 95.7 Å². The van der Waals surface area contributed by atoms with Crippen molar-refractivity contribution in [1.29, 1.82) is 0 Å². The van der Waals surface area contributed by atoms with Crippen LogP contribution >= 0.6 is 0 Å². The van der Waals surface area contributed by atoms with Crippen molar-refractivity contribution in [3.05, 3.63) is 142 Å². The number of phenolic OH excluding ortho intramolecular Hbond substituents is 18. The van der Waals surface area contributed by atoms with E-state index in [4.69, 9.17) is 37.9 Å². The van der Waals surface area contributed by atoms with E-state index in [9.17, 15) is 130 Å². The fraction of sp³-hybridized carbons (Fsp3) is 0.0667. The second kappa shape index (κ2) is 26.7. The van der Waals surface area contributed by atoms with Gasteiger partial charge < -0.3 is 130 Å². The minimum Gasteiger partial charge on any atom is -0.504 e. The highest BCUT2D eigenvalue weighted by Gasteiger charge is 2.32. The first-order chi connectivity index (χ1) is 44.3. The quantitative estimate of drug-likeness (QED) is 0.0206. The third kappa shape index (κ3) is 14.4. The predicted octanol–water partition coefficient (Wildman–Crippen LogP) is 5.50. The highest BCUT2D eigenvalue weighted by Crippen LogP contribution is 2.47. The lowest BCUT2D eigenvalue weighted by Crippen LogP contribution is -2.17. The molecule has 0 aliphatic carbocycles. The average molecular weight is 1310 g/mol. The Morgan fingerprint density at radius 2 is 0.362 bits per heavy atom. The SMILES string of the molecule is O=C(OCCCCOC(=O)c1cc(OC(=O)c2cc(O)c(O)c(O)c2)c(OC(=O)c2cc(O)c(O)c(O)c2)c(OC(=O)c2cc(O)c(O)c(O)c2)c1)c1cc(OC(=O)c2cc(O)c(O)c(O)c2)c(OC(=O)c2cc(O)c(O)c(O)c2)c(OC(=O)c2cc(O)c(O)c(O)c2)c1. The minimum absolute atomic E-state index is 0.242. The average Bonchev–Trinajstić information content (AvgIpc) is 1.09. The van der Waals surface area contributed by atoms with Crippen LogP contribution in [-0.2, 0) is 9.47 Å². The molecule has 0 saturated carbocycles. The molecule has 0 unspecified atom stereocenters. The number of hydrogen-bond donors (Lipinski definition) is 18. The van der Waals surface area contributed by atoms with Crippen LogP contribution < -0.4 is 28.4 Å². The van der Waals surface area contributed by atoms with Crippen LogP contribution in [0.25, 0.3) is 0 Å². The van der Waals surface area contributed by atoms with Crippen LogP contribution in [0.3, 0.4) is 0 Å². The largest absolute Gasteiger partial charge is 0.504 e. The highest BCUT2D eigenvalue weighted by molar-refractivity contribution is 6.01. The Balaban J connectivity index is 1.09. The summed E-state index contributed by atoms with van der Waals surface area (Å²) < 4.78 is 43.0. The Morgan fingerprint density at radius 1 is 0.213 bits per heavy atom. The summed E-state index contributed by atoms with van der Waals surface area (Å²) >= 11 is 0. The third-order valence-electron chi connectivity index (χ3n) is 12.6. The summed E-state index contributed by atoms with van der Waals surface area (Å²) in [4.78, 5) is 109. The van der Waals surface area contributed by atoms with Crippen LogP contribution in [0.15, 0.2) is 97.1 Å². The number of unbranched alkanes of at least 4 members (excludes halogenated alkanes) is 1. The van der Waals surface area contributed by atoms with E-state index in [1.807, 2.05) is 0 Å². The molecule has 0 bridgehead atoms. The van der Waals surface area contributed by atoms with Crippen molar-refractivity contribution in [2.75, 3.05) is 13.2 Å². The summed E-state index contributed by atoms with van der Waals surface area (Å²) in [5.74, 6) is -38.2. The molecular weight excluding hydrogens is 1260 g/mol. The van der Waals surface area contributed by atoms with Gasteiger partial charge in [0.2, 0.25) is 11.5 Å². The molecule has 0 radical (unpaired) electrons. The van der Waals surface area contributed by atoms with Crippen molar-refractivity contribution in [1.82, 2.24) is 0 Å². The van der Waals surface area contributed by atoms with Crippen molar-refractivity contribution in [3.63, 3.8) is 0 Å². The number of aromatic hydroxyl groups is 18. The van der Waals surface area contributed by atoms with Crippen LogP contribution in [0.5, 0.6) is 138 Å². The molecular formula is C60H42O34. The topological polar surface area (TPSA) is 575 Å². The minimum atomic E-state index is -1.60. The van der Waals surface area contributed by atoms with Gasteiger partial charge in [0, 0.05) is 0 Å². The summed E-state index contributed by atoms with van der Waals surface area (Å²) in [6.07, 6.45) is -0.484. The van der Waals surface area contributed by atoms with E-state index in [0.29, 0.717) is 97.1 Å². The molecule has 8 aromatic rings. The van der Waals surface area contributed by atoms with Gasteiger partial charge in [-0.05, 0) is 110 Å². The predicted molar refractivity (Wildman–Crippen MR) is 301 cm³/mol. The summed E-state index contributed by atoms with van der Waals surface area (Å²) in [7, 11) is 0. The molecule has 0 heterocycles. The number of phenols is 18. The van der Waals surface area contributed by atoms with Crippen molar-refractivity contribution in [2.45, 2.75) is 12.8 Å². The van der Waals surface area contributed by atoms with E-state index in [1.165, 1.54) is 0 Å². The normalized spacial score (nSPS) is 10.8. The number of ether oxygens (including phenoxy) is 8. The fourth-order valence-electron chi connectivity index (χ4n) is 7.86. The van der Waals surface area contributed by atoms with E-state index in [1.54, 1.807) is 0 Å². The van der Waals surface area contributed by atoms with Gasteiger partial charge >= 0.3 is 47.8 Å². The first-order valence-electron chi connectivity index (χ1n) is 25.8. The number of rotatable bonds is 19. The first kappa shape index (κ1) is 65.9. The number of benzene rings is 8. The summed E-state index contributed by atoms with van der Waals surface area (Å²) in [6.45, 7) is -1.24. The summed E-state index contributed by atoms with van der Waals surface area (Å²) in [5, 5.41) is 181. The number of esters is 8. The van der Waals surface area contributed by atoms with Crippen LogP contribution in [0, 0.1) is 0 Å². The second-order valence-electron chi connectivity index (χ2n) is 19.1. The molecule has 0 atom stereocenters. The number of carbonyl (C=O) groups is 8. The third-order valence-corrected chi connectivity index (χ3v) is 12.6. The first-order valence-corrected chi connectivity index (χ1v) is 25.8. The van der Waals surface area contributed by atoms with Gasteiger partial charge in [-0.1, -0.05) is 0 Å². The molecule has 8 rings (SSSR count). The Labute approximate surface area is 520 Å². The van der Waals surface area contributed by atoms with Crippen LogP contribution in [0.4, 0.5) is 0 Å². The molecule has 0 spiro atoms. The molecule has 0 aliphatic heterocycles. The number of hydrogen-bond acceptors (Lipinski definition) is 34. The van der Waals surface area contributed by atoms with Gasteiger partial charge in [-0.3, -0.25) is 0 Å². The van der Waals surface area contributed by atoms with Crippen molar-refractivity contribution >= 4 is 47.8 Å². The lowest BCUT2D eigenvalue weighted by atomic mass is 10.1. The molecule has 0 aromatic heterocycles. The molecule has 34 nitrogen and oxygen atoms in total. The summed E-state index contributed by atoms with van der Waals surface area (Å²) in [6, 6.07) is 9.48. The second-order valence-corrected chi connectivity index (χ2v) is 19.1. The van der Waals surface area contributed by atoms with E-state index < -0.39 is 243 Å². The molecule has 94 heavy (non-hydrogen) atoms. The van der Waals surface area contributed by atoms with Gasteiger partial charge in [0.25, 0.3) is 0 Å². The molecule has 0 saturated heterocycles. The lowest BCUT2D eigenvalue weighted by molar-refractivity contribution is 0.0431. The van der Waals surface area contributed by atoms with Gasteiger partial charge in [0.15, 0.2) is 126 Å². The number of carbonyl (C=O) groups excluding carboxylic acids is 8.